The van der Waals surface area contributed by atoms with E-state index in [-0.39, 0.29) is 25.0 Å². The summed E-state index contributed by atoms with van der Waals surface area (Å²) in [4.78, 5) is 28.5. The van der Waals surface area contributed by atoms with Gasteiger partial charge in [0.25, 0.3) is 0 Å². The first kappa shape index (κ1) is 15.1. The van der Waals surface area contributed by atoms with E-state index >= 15 is 0 Å². The summed E-state index contributed by atoms with van der Waals surface area (Å²) in [6, 6.07) is 0.0545. The largest absolute Gasteiger partial charge is 0.481 e. The van der Waals surface area contributed by atoms with Crippen molar-refractivity contribution >= 4 is 12.0 Å². The zero-order chi connectivity index (χ0) is 14.5. The second-order valence-corrected chi connectivity index (χ2v) is 5.54. The lowest BCUT2D eigenvalue weighted by atomic mass is 10.1. The van der Waals surface area contributed by atoms with Crippen LogP contribution in [-0.4, -0.2) is 89.3 Å². The number of aliphatic hydroxyl groups excluding tert-OH is 1. The zero-order valence-corrected chi connectivity index (χ0v) is 11.7. The third-order valence-corrected chi connectivity index (χ3v) is 4.10. The van der Waals surface area contributed by atoms with Gasteiger partial charge in [0, 0.05) is 58.3 Å². The molecule has 2 aliphatic heterocycles. The molecule has 114 valence electrons. The third-order valence-electron chi connectivity index (χ3n) is 4.10. The molecule has 2 rings (SSSR count). The fourth-order valence-corrected chi connectivity index (χ4v) is 2.77. The summed E-state index contributed by atoms with van der Waals surface area (Å²) in [5, 5.41) is 17.8. The average Bonchev–Trinajstić information content (AvgIpc) is 2.94. The Morgan fingerprint density at radius 2 is 1.75 bits per heavy atom. The third kappa shape index (κ3) is 3.83. The molecule has 0 aliphatic carbocycles. The maximum Gasteiger partial charge on any atom is 0.320 e. The Morgan fingerprint density at radius 1 is 1.05 bits per heavy atom. The molecule has 0 aromatic rings. The Balaban J connectivity index is 1.73. The SMILES string of the molecule is O=C(O)CCN1CCN(C(=O)N2CCC(CO)C2)CC1. The minimum absolute atomic E-state index is 0.0545. The molecule has 0 saturated carbocycles. The number of piperazine rings is 1. The molecule has 0 radical (unpaired) electrons. The van der Waals surface area contributed by atoms with Crippen LogP contribution < -0.4 is 0 Å². The van der Waals surface area contributed by atoms with Crippen molar-refractivity contribution < 1.29 is 19.8 Å². The minimum atomic E-state index is -0.782. The average molecular weight is 285 g/mol. The van der Waals surface area contributed by atoms with E-state index in [1.165, 1.54) is 0 Å². The van der Waals surface area contributed by atoms with Gasteiger partial charge in [-0.1, -0.05) is 0 Å². The summed E-state index contributed by atoms with van der Waals surface area (Å²) in [6.07, 6.45) is 1.03. The Morgan fingerprint density at radius 3 is 2.30 bits per heavy atom. The Hall–Kier alpha value is -1.34. The molecule has 7 nitrogen and oxygen atoms in total. The summed E-state index contributed by atoms with van der Waals surface area (Å²) >= 11 is 0. The van der Waals surface area contributed by atoms with E-state index in [0.29, 0.717) is 26.2 Å². The predicted octanol–water partition coefficient (Wildman–Crippen LogP) is -0.487. The zero-order valence-electron chi connectivity index (χ0n) is 11.7. The van der Waals surface area contributed by atoms with Crippen molar-refractivity contribution in [2.24, 2.45) is 5.92 Å². The number of rotatable bonds is 4. The molecule has 7 heteroatoms. The fraction of sp³-hybridized carbons (Fsp3) is 0.846. The van der Waals surface area contributed by atoms with Crippen LogP contribution in [0.3, 0.4) is 0 Å². The van der Waals surface area contributed by atoms with Crippen molar-refractivity contribution in [3.05, 3.63) is 0 Å². The van der Waals surface area contributed by atoms with Crippen LogP contribution in [-0.2, 0) is 4.79 Å². The first-order valence-corrected chi connectivity index (χ1v) is 7.19. The van der Waals surface area contributed by atoms with Gasteiger partial charge in [-0.3, -0.25) is 9.69 Å². The van der Waals surface area contributed by atoms with Crippen molar-refractivity contribution in [2.45, 2.75) is 12.8 Å². The summed E-state index contributed by atoms with van der Waals surface area (Å²) < 4.78 is 0. The molecule has 0 bridgehead atoms. The number of aliphatic hydroxyl groups is 1. The maximum absolute atomic E-state index is 12.3. The van der Waals surface area contributed by atoms with Crippen LogP contribution in [0, 0.1) is 5.92 Å². The predicted molar refractivity (Wildman–Crippen MR) is 72.4 cm³/mol. The highest BCUT2D eigenvalue weighted by atomic mass is 16.4. The molecular formula is C13H23N3O4. The smallest absolute Gasteiger partial charge is 0.320 e. The van der Waals surface area contributed by atoms with E-state index < -0.39 is 5.97 Å². The van der Waals surface area contributed by atoms with Gasteiger partial charge in [-0.15, -0.1) is 0 Å². The van der Waals surface area contributed by atoms with E-state index in [1.54, 1.807) is 0 Å². The van der Waals surface area contributed by atoms with Crippen LogP contribution in [0.2, 0.25) is 0 Å². The number of aliphatic carboxylic acids is 1. The first-order valence-electron chi connectivity index (χ1n) is 7.19. The van der Waals surface area contributed by atoms with Gasteiger partial charge < -0.3 is 20.0 Å². The van der Waals surface area contributed by atoms with Crippen LogP contribution in [0.15, 0.2) is 0 Å². The maximum atomic E-state index is 12.3. The van der Waals surface area contributed by atoms with Gasteiger partial charge in [0.2, 0.25) is 0 Å². The van der Waals surface area contributed by atoms with Crippen LogP contribution in [0.1, 0.15) is 12.8 Å². The van der Waals surface area contributed by atoms with Gasteiger partial charge in [0.1, 0.15) is 0 Å². The number of nitrogens with zero attached hydrogens (tertiary/aromatic N) is 3. The summed E-state index contributed by atoms with van der Waals surface area (Å²) in [5.74, 6) is -0.563. The molecule has 2 aliphatic rings. The van der Waals surface area contributed by atoms with Gasteiger partial charge in [-0.05, 0) is 6.42 Å². The lowest BCUT2D eigenvalue weighted by Crippen LogP contribution is -2.52. The lowest BCUT2D eigenvalue weighted by molar-refractivity contribution is -0.137. The van der Waals surface area contributed by atoms with E-state index in [0.717, 1.165) is 26.1 Å². The van der Waals surface area contributed by atoms with Crippen molar-refractivity contribution in [1.29, 1.82) is 0 Å². The highest BCUT2D eigenvalue weighted by molar-refractivity contribution is 5.75. The number of amides is 2. The second-order valence-electron chi connectivity index (χ2n) is 5.54. The molecule has 2 N–H and O–H groups in total. The molecule has 2 amide bonds. The molecule has 2 saturated heterocycles. The number of carboxylic acids is 1. The van der Waals surface area contributed by atoms with Gasteiger partial charge in [0.05, 0.1) is 6.42 Å². The molecule has 1 unspecified atom stereocenters. The Kier molecular flexibility index (Phi) is 5.19. The number of hydrogen-bond acceptors (Lipinski definition) is 4. The topological polar surface area (TPSA) is 84.3 Å². The Labute approximate surface area is 118 Å². The van der Waals surface area contributed by atoms with Crippen LogP contribution in [0.4, 0.5) is 4.79 Å². The van der Waals surface area contributed by atoms with Gasteiger partial charge >= 0.3 is 12.0 Å². The molecule has 2 heterocycles. The van der Waals surface area contributed by atoms with Crippen LogP contribution in [0.5, 0.6) is 0 Å². The van der Waals surface area contributed by atoms with Gasteiger partial charge in [-0.25, -0.2) is 4.79 Å². The first-order chi connectivity index (χ1) is 9.60. The van der Waals surface area contributed by atoms with Gasteiger partial charge in [0.15, 0.2) is 0 Å². The Bertz CT molecular complexity index is 356. The molecule has 0 spiro atoms. The fourth-order valence-electron chi connectivity index (χ4n) is 2.77. The molecule has 1 atom stereocenters. The number of hydrogen-bond donors (Lipinski definition) is 2. The minimum Gasteiger partial charge on any atom is -0.481 e. The normalized spacial score (nSPS) is 24.1. The lowest BCUT2D eigenvalue weighted by Gasteiger charge is -2.36. The molecule has 0 aromatic heterocycles. The van der Waals surface area contributed by atoms with E-state index in [9.17, 15) is 9.59 Å². The monoisotopic (exact) mass is 285 g/mol. The standard InChI is InChI=1S/C13H23N3O4/c17-10-11-1-4-16(9-11)13(20)15-7-5-14(6-8-15)3-2-12(18)19/h11,17H,1-10H2,(H,18,19). The van der Waals surface area contributed by atoms with Crippen molar-refractivity contribution in [2.75, 3.05) is 52.4 Å². The number of carbonyl (C=O) groups is 2. The van der Waals surface area contributed by atoms with E-state index in [1.807, 2.05) is 9.80 Å². The van der Waals surface area contributed by atoms with Crippen LogP contribution >= 0.6 is 0 Å². The van der Waals surface area contributed by atoms with Crippen molar-refractivity contribution in [3.8, 4) is 0 Å². The summed E-state index contributed by atoms with van der Waals surface area (Å²) in [6.45, 7) is 4.84. The van der Waals surface area contributed by atoms with Crippen LogP contribution in [0.25, 0.3) is 0 Å². The second kappa shape index (κ2) is 6.90. The van der Waals surface area contributed by atoms with Crippen molar-refractivity contribution in [3.63, 3.8) is 0 Å². The number of likely N-dealkylation sites (tertiary alicyclic amines) is 1. The highest BCUT2D eigenvalue weighted by Crippen LogP contribution is 2.17. The quantitative estimate of drug-likeness (QED) is 0.728. The summed E-state index contributed by atoms with van der Waals surface area (Å²) in [7, 11) is 0. The summed E-state index contributed by atoms with van der Waals surface area (Å²) in [5.41, 5.74) is 0. The van der Waals surface area contributed by atoms with E-state index in [2.05, 4.69) is 4.90 Å². The van der Waals surface area contributed by atoms with Gasteiger partial charge in [-0.2, -0.15) is 0 Å². The number of urea groups is 1. The number of carboxylic acid groups (broad SMARTS) is 1. The van der Waals surface area contributed by atoms with Crippen molar-refractivity contribution in [1.82, 2.24) is 14.7 Å². The number of carbonyl (C=O) groups excluding carboxylic acids is 1. The molecular weight excluding hydrogens is 262 g/mol. The molecule has 2 fully saturated rings. The molecule has 20 heavy (non-hydrogen) atoms. The highest BCUT2D eigenvalue weighted by Gasteiger charge is 2.30. The molecule has 0 aromatic carbocycles. The van der Waals surface area contributed by atoms with E-state index in [4.69, 9.17) is 10.2 Å².